The van der Waals surface area contributed by atoms with Crippen molar-refractivity contribution in [3.8, 4) is 0 Å². The van der Waals surface area contributed by atoms with Gasteiger partial charge < -0.3 is 5.11 Å². The first-order chi connectivity index (χ1) is 3.85. The van der Waals surface area contributed by atoms with Gasteiger partial charge in [-0.2, -0.15) is 0 Å². The number of nitrogens with two attached hydrogens (primary N) is 1. The summed E-state index contributed by atoms with van der Waals surface area (Å²) in [5, 5.41) is 11.0. The largest absolute Gasteiger partial charge is 0.480 e. The van der Waals surface area contributed by atoms with Gasteiger partial charge in [0.05, 0.1) is 0 Å². The van der Waals surface area contributed by atoms with Gasteiger partial charge in [-0.1, -0.05) is 0 Å². The lowest BCUT2D eigenvalue weighted by Crippen LogP contribution is -2.32. The third-order valence-corrected chi connectivity index (χ3v) is 2.03. The molecule has 3 N–H and O–H groups in total. The van der Waals surface area contributed by atoms with Gasteiger partial charge >= 0.3 is 5.97 Å². The van der Waals surface area contributed by atoms with Crippen LogP contribution in [0.3, 0.4) is 0 Å². The van der Waals surface area contributed by atoms with E-state index in [4.69, 9.17) is 5.11 Å². The monoisotopic (exact) mass is 153 g/mol. The molecule has 0 aliphatic rings. The average molecular weight is 153 g/mol. The van der Waals surface area contributed by atoms with Gasteiger partial charge in [-0.3, -0.25) is 4.79 Å². The Balaban J connectivity index is 4.43. The molecule has 9 heavy (non-hydrogen) atoms. The van der Waals surface area contributed by atoms with Crippen LogP contribution in [0, 0.1) is 0 Å². The Labute approximate surface area is 52.5 Å². The zero-order valence-corrected chi connectivity index (χ0v) is 5.55. The van der Waals surface area contributed by atoms with E-state index in [0.717, 1.165) is 6.92 Å². The quantitative estimate of drug-likeness (QED) is 0.517. The van der Waals surface area contributed by atoms with E-state index in [1.165, 1.54) is 0 Å². The van der Waals surface area contributed by atoms with Crippen LogP contribution < -0.4 is 5.14 Å². The van der Waals surface area contributed by atoms with E-state index in [1.807, 2.05) is 0 Å². The standard InChI is InChI=1S/C3H7NO4S/c1-2(3(5)6)9(4,7)8/h2H,1H3,(H,5,6)(H2,4,7,8)/t2-/m0/s1. The first kappa shape index (κ1) is 8.38. The van der Waals surface area contributed by atoms with E-state index in [-0.39, 0.29) is 0 Å². The number of sulfonamides is 1. The van der Waals surface area contributed by atoms with Gasteiger partial charge in [-0.15, -0.1) is 0 Å². The van der Waals surface area contributed by atoms with Crippen molar-refractivity contribution in [2.24, 2.45) is 5.14 Å². The highest BCUT2D eigenvalue weighted by Crippen LogP contribution is 1.92. The predicted molar refractivity (Wildman–Crippen MR) is 30.2 cm³/mol. The third-order valence-electron chi connectivity index (χ3n) is 0.841. The van der Waals surface area contributed by atoms with Crippen molar-refractivity contribution in [3.63, 3.8) is 0 Å². The van der Waals surface area contributed by atoms with Gasteiger partial charge in [-0.05, 0) is 6.92 Å². The molecule has 1 atom stereocenters. The van der Waals surface area contributed by atoms with E-state index in [1.54, 1.807) is 0 Å². The van der Waals surface area contributed by atoms with Crippen LogP contribution in [0.5, 0.6) is 0 Å². The molecular formula is C3H7NO4S. The SMILES string of the molecule is C[C@@H](C(=O)O)S(N)(=O)=O. The molecule has 0 aromatic heterocycles. The molecule has 0 radical (unpaired) electrons. The van der Waals surface area contributed by atoms with Crippen LogP contribution in [0.1, 0.15) is 6.92 Å². The third kappa shape index (κ3) is 2.43. The van der Waals surface area contributed by atoms with Gasteiger partial charge in [0.15, 0.2) is 5.25 Å². The maximum Gasteiger partial charge on any atom is 0.323 e. The summed E-state index contributed by atoms with van der Waals surface area (Å²) < 4.78 is 20.3. The fraction of sp³-hybridized carbons (Fsp3) is 0.667. The molecule has 0 saturated carbocycles. The van der Waals surface area contributed by atoms with E-state index in [2.05, 4.69) is 5.14 Å². The van der Waals surface area contributed by atoms with E-state index in [0.29, 0.717) is 0 Å². The lowest BCUT2D eigenvalue weighted by Gasteiger charge is -1.99. The second-order valence-electron chi connectivity index (χ2n) is 1.57. The fourth-order valence-electron chi connectivity index (χ4n) is 0.141. The van der Waals surface area contributed by atoms with Gasteiger partial charge in [0.1, 0.15) is 0 Å². The molecule has 0 aliphatic heterocycles. The number of aliphatic carboxylic acids is 1. The Morgan fingerprint density at radius 3 is 2.00 bits per heavy atom. The lowest BCUT2D eigenvalue weighted by molar-refractivity contribution is -0.136. The van der Waals surface area contributed by atoms with Crippen LogP contribution in [-0.4, -0.2) is 24.7 Å². The number of primary sulfonamides is 1. The Morgan fingerprint density at radius 1 is 1.67 bits per heavy atom. The normalized spacial score (nSPS) is 14.9. The van der Waals surface area contributed by atoms with Crippen LogP contribution in [0.4, 0.5) is 0 Å². The smallest absolute Gasteiger partial charge is 0.323 e. The summed E-state index contributed by atoms with van der Waals surface area (Å²) in [4.78, 5) is 9.89. The molecule has 5 nitrogen and oxygen atoms in total. The van der Waals surface area contributed by atoms with Gasteiger partial charge in [0.25, 0.3) is 0 Å². The van der Waals surface area contributed by atoms with Crippen molar-refractivity contribution in [3.05, 3.63) is 0 Å². The lowest BCUT2D eigenvalue weighted by atomic mass is 10.5. The molecule has 0 unspecified atom stereocenters. The molecule has 0 amide bonds. The van der Waals surface area contributed by atoms with Crippen molar-refractivity contribution < 1.29 is 18.3 Å². The molecule has 0 aromatic carbocycles. The molecule has 0 saturated heterocycles. The molecule has 0 bridgehead atoms. The van der Waals surface area contributed by atoms with E-state index in [9.17, 15) is 13.2 Å². The van der Waals surface area contributed by atoms with Crippen molar-refractivity contribution in [2.45, 2.75) is 12.2 Å². The summed E-state index contributed by atoms with van der Waals surface area (Å²) in [6.07, 6.45) is 0. The zero-order chi connectivity index (χ0) is 7.65. The maximum absolute atomic E-state index is 10.2. The molecule has 0 rings (SSSR count). The fourth-order valence-corrected chi connectivity index (χ4v) is 0.422. The molecule has 54 valence electrons. The molecule has 0 aliphatic carbocycles. The van der Waals surface area contributed by atoms with Gasteiger partial charge in [0.2, 0.25) is 10.0 Å². The maximum atomic E-state index is 10.2. The number of carbonyl (C=O) groups is 1. The molecular weight excluding hydrogens is 146 g/mol. The van der Waals surface area contributed by atoms with Crippen LogP contribution in [0.2, 0.25) is 0 Å². The summed E-state index contributed by atoms with van der Waals surface area (Å²) in [6, 6.07) is 0. The van der Waals surface area contributed by atoms with E-state index < -0.39 is 21.2 Å². The van der Waals surface area contributed by atoms with E-state index >= 15 is 0 Å². The minimum absolute atomic E-state index is 1.01. The first-order valence-corrected chi connectivity index (χ1v) is 3.71. The Kier molecular flexibility index (Phi) is 2.16. The summed E-state index contributed by atoms with van der Waals surface area (Å²) in [5.41, 5.74) is 0. The van der Waals surface area contributed by atoms with Gasteiger partial charge in [-0.25, -0.2) is 13.6 Å². The Morgan fingerprint density at radius 2 is 2.00 bits per heavy atom. The molecule has 0 heterocycles. The number of carboxylic acids is 1. The number of carboxylic acid groups (broad SMARTS) is 1. The number of hydrogen-bond acceptors (Lipinski definition) is 3. The minimum Gasteiger partial charge on any atom is -0.480 e. The highest BCUT2D eigenvalue weighted by atomic mass is 32.2. The topological polar surface area (TPSA) is 97.5 Å². The molecule has 0 fully saturated rings. The highest BCUT2D eigenvalue weighted by molar-refractivity contribution is 7.90. The van der Waals surface area contributed by atoms with Crippen LogP contribution in [0.25, 0.3) is 0 Å². The highest BCUT2D eigenvalue weighted by Gasteiger charge is 2.22. The summed E-state index contributed by atoms with van der Waals surface area (Å²) in [5.74, 6) is -1.43. The summed E-state index contributed by atoms with van der Waals surface area (Å²) in [6.45, 7) is 1.01. The van der Waals surface area contributed by atoms with Crippen molar-refractivity contribution >= 4 is 16.0 Å². The summed E-state index contributed by atoms with van der Waals surface area (Å²) >= 11 is 0. The second kappa shape index (κ2) is 2.32. The van der Waals surface area contributed by atoms with Crippen LogP contribution in [0.15, 0.2) is 0 Å². The average Bonchev–Trinajstić information content (AvgIpc) is 1.62. The van der Waals surface area contributed by atoms with Crippen molar-refractivity contribution in [1.82, 2.24) is 0 Å². The predicted octanol–water partition coefficient (Wildman–Crippen LogP) is -1.25. The van der Waals surface area contributed by atoms with Gasteiger partial charge in [0, 0.05) is 0 Å². The van der Waals surface area contributed by atoms with Crippen LogP contribution >= 0.6 is 0 Å². The molecule has 0 aromatic rings. The number of hydrogen-bond donors (Lipinski definition) is 2. The Bertz CT molecular complexity index is 206. The Hall–Kier alpha value is -0.620. The first-order valence-electron chi connectivity index (χ1n) is 2.10. The van der Waals surface area contributed by atoms with Crippen LogP contribution in [-0.2, 0) is 14.8 Å². The minimum atomic E-state index is -3.90. The second-order valence-corrected chi connectivity index (χ2v) is 3.45. The zero-order valence-electron chi connectivity index (χ0n) is 4.73. The number of rotatable bonds is 2. The van der Waals surface area contributed by atoms with Crippen molar-refractivity contribution in [2.75, 3.05) is 0 Å². The molecule has 6 heteroatoms. The molecule has 0 spiro atoms. The van der Waals surface area contributed by atoms with Crippen molar-refractivity contribution in [1.29, 1.82) is 0 Å². The summed E-state index contributed by atoms with van der Waals surface area (Å²) in [7, 11) is -3.90.